The molecule has 1 amide bonds. The summed E-state index contributed by atoms with van der Waals surface area (Å²) in [7, 11) is -0.914. The minimum absolute atomic E-state index is 0.0647. The number of carboxylic acids is 1. The van der Waals surface area contributed by atoms with Gasteiger partial charge in [-0.2, -0.15) is 4.31 Å². The number of carbonyl (C=O) groups excluding carboxylic acids is 1. The van der Waals surface area contributed by atoms with Gasteiger partial charge in [-0.15, -0.1) is 0 Å². The number of amides is 1. The van der Waals surface area contributed by atoms with Crippen LogP contribution in [-0.2, 0) is 19.6 Å². The lowest BCUT2D eigenvalue weighted by Crippen LogP contribution is -2.42. The lowest BCUT2D eigenvalue weighted by atomic mass is 10.5. The fraction of sp³-hybridized carbons (Fsp3) is 0.750. The van der Waals surface area contributed by atoms with Crippen LogP contribution >= 0.6 is 0 Å². The van der Waals surface area contributed by atoms with Crippen LogP contribution in [0.25, 0.3) is 0 Å². The van der Waals surface area contributed by atoms with Crippen molar-refractivity contribution in [3.05, 3.63) is 0 Å². The highest BCUT2D eigenvalue weighted by Gasteiger charge is 2.26. The van der Waals surface area contributed by atoms with E-state index in [-0.39, 0.29) is 13.1 Å². The third kappa shape index (κ3) is 4.58. The molecule has 0 aliphatic rings. The zero-order valence-corrected chi connectivity index (χ0v) is 10.3. The predicted molar refractivity (Wildman–Crippen MR) is 57.4 cm³/mol. The Labute approximate surface area is 94.7 Å². The Morgan fingerprint density at radius 1 is 1.25 bits per heavy atom. The Morgan fingerprint density at radius 2 is 1.75 bits per heavy atom. The maximum absolute atomic E-state index is 11.5. The van der Waals surface area contributed by atoms with E-state index >= 15 is 0 Å². The van der Waals surface area contributed by atoms with Gasteiger partial charge in [0.05, 0.1) is 6.54 Å². The quantitative estimate of drug-likeness (QED) is 0.641. The van der Waals surface area contributed by atoms with Crippen molar-refractivity contribution >= 4 is 21.9 Å². The largest absolute Gasteiger partial charge is 0.480 e. The number of sulfonamides is 1. The Bertz CT molecular complexity index is 363. The van der Waals surface area contributed by atoms with Gasteiger partial charge in [0.25, 0.3) is 0 Å². The molecule has 0 aromatic carbocycles. The molecule has 0 rings (SSSR count). The molecule has 16 heavy (non-hydrogen) atoms. The third-order valence-corrected chi connectivity index (χ3v) is 3.65. The number of likely N-dealkylation sites (N-methyl/N-ethyl adjacent to an activating group) is 2. The lowest BCUT2D eigenvalue weighted by Gasteiger charge is -2.20. The van der Waals surface area contributed by atoms with Crippen molar-refractivity contribution in [3.63, 3.8) is 0 Å². The van der Waals surface area contributed by atoms with Gasteiger partial charge in [-0.1, -0.05) is 6.92 Å². The molecule has 0 saturated heterocycles. The molecule has 0 fully saturated rings. The van der Waals surface area contributed by atoms with E-state index in [0.29, 0.717) is 0 Å². The summed E-state index contributed by atoms with van der Waals surface area (Å²) in [6.45, 7) is 1.27. The summed E-state index contributed by atoms with van der Waals surface area (Å²) >= 11 is 0. The smallest absolute Gasteiger partial charge is 0.320 e. The van der Waals surface area contributed by atoms with Crippen LogP contribution in [0.1, 0.15) is 6.92 Å². The van der Waals surface area contributed by atoms with E-state index in [1.165, 1.54) is 19.0 Å². The first-order valence-corrected chi connectivity index (χ1v) is 6.21. The SMILES string of the molecule is CCN(CC(=O)N(C)C)S(=O)(=O)CC(=O)O. The van der Waals surface area contributed by atoms with Crippen molar-refractivity contribution in [3.8, 4) is 0 Å². The second kappa shape index (κ2) is 5.80. The third-order valence-electron chi connectivity index (χ3n) is 1.86. The molecule has 0 aliphatic carbocycles. The molecule has 0 aromatic heterocycles. The van der Waals surface area contributed by atoms with E-state index in [1.54, 1.807) is 6.92 Å². The fourth-order valence-corrected chi connectivity index (χ4v) is 2.14. The fourth-order valence-electron chi connectivity index (χ4n) is 0.946. The second-order valence-corrected chi connectivity index (χ2v) is 5.33. The topological polar surface area (TPSA) is 95.0 Å². The van der Waals surface area contributed by atoms with Gasteiger partial charge >= 0.3 is 5.97 Å². The van der Waals surface area contributed by atoms with E-state index < -0.39 is 27.7 Å². The normalized spacial score (nSPS) is 11.5. The maximum Gasteiger partial charge on any atom is 0.320 e. The van der Waals surface area contributed by atoms with E-state index in [4.69, 9.17) is 5.11 Å². The number of nitrogens with zero attached hydrogens (tertiary/aromatic N) is 2. The molecular weight excluding hydrogens is 236 g/mol. The van der Waals surface area contributed by atoms with E-state index in [2.05, 4.69) is 0 Å². The molecule has 0 spiro atoms. The maximum atomic E-state index is 11.5. The predicted octanol–water partition coefficient (Wildman–Crippen LogP) is -1.19. The minimum atomic E-state index is -3.91. The van der Waals surface area contributed by atoms with E-state index in [1.807, 2.05) is 0 Å². The Kier molecular flexibility index (Phi) is 5.39. The number of aliphatic carboxylic acids is 1. The number of hydrogen-bond donors (Lipinski definition) is 1. The zero-order valence-electron chi connectivity index (χ0n) is 9.50. The van der Waals surface area contributed by atoms with Gasteiger partial charge in [-0.25, -0.2) is 8.42 Å². The summed E-state index contributed by atoms with van der Waals surface area (Å²) in [5.41, 5.74) is 0. The highest BCUT2D eigenvalue weighted by Crippen LogP contribution is 2.02. The van der Waals surface area contributed by atoms with E-state index in [0.717, 1.165) is 4.31 Å². The van der Waals surface area contributed by atoms with Crippen molar-refractivity contribution in [1.29, 1.82) is 0 Å². The summed E-state index contributed by atoms with van der Waals surface area (Å²) in [5.74, 6) is -2.83. The first kappa shape index (κ1) is 14.8. The van der Waals surface area contributed by atoms with Crippen LogP contribution in [0.3, 0.4) is 0 Å². The van der Waals surface area contributed by atoms with Crippen molar-refractivity contribution in [2.45, 2.75) is 6.92 Å². The molecule has 0 bridgehead atoms. The van der Waals surface area contributed by atoms with Crippen LogP contribution in [0.4, 0.5) is 0 Å². The summed E-state index contributed by atoms with van der Waals surface area (Å²) in [6, 6.07) is 0. The van der Waals surface area contributed by atoms with Crippen molar-refractivity contribution in [1.82, 2.24) is 9.21 Å². The number of hydrogen-bond acceptors (Lipinski definition) is 4. The monoisotopic (exact) mass is 252 g/mol. The minimum Gasteiger partial charge on any atom is -0.480 e. The molecule has 0 atom stereocenters. The molecule has 1 N–H and O–H groups in total. The number of carbonyl (C=O) groups is 2. The highest BCUT2D eigenvalue weighted by atomic mass is 32.2. The van der Waals surface area contributed by atoms with Gasteiger partial charge in [0, 0.05) is 20.6 Å². The molecule has 7 nitrogen and oxygen atoms in total. The molecule has 0 aliphatic heterocycles. The number of rotatable bonds is 6. The van der Waals surface area contributed by atoms with Crippen molar-refractivity contribution in [2.24, 2.45) is 0 Å². The van der Waals surface area contributed by atoms with Crippen molar-refractivity contribution in [2.75, 3.05) is 32.9 Å². The molecule has 0 heterocycles. The van der Waals surface area contributed by atoms with Gasteiger partial charge in [0.1, 0.15) is 0 Å². The summed E-state index contributed by atoms with van der Waals surface area (Å²) in [5, 5.41) is 8.44. The van der Waals surface area contributed by atoms with Crippen LogP contribution in [0, 0.1) is 0 Å². The van der Waals surface area contributed by atoms with Gasteiger partial charge < -0.3 is 10.0 Å². The van der Waals surface area contributed by atoms with Gasteiger partial charge in [-0.3, -0.25) is 9.59 Å². The number of carboxylic acid groups (broad SMARTS) is 1. The van der Waals surface area contributed by atoms with Crippen LogP contribution in [-0.4, -0.2) is 67.5 Å². The van der Waals surface area contributed by atoms with Gasteiger partial charge in [-0.05, 0) is 0 Å². The Hall–Kier alpha value is -1.15. The van der Waals surface area contributed by atoms with Crippen LogP contribution in [0.5, 0.6) is 0 Å². The van der Waals surface area contributed by atoms with E-state index in [9.17, 15) is 18.0 Å². The Morgan fingerprint density at radius 3 is 2.06 bits per heavy atom. The first-order valence-electron chi connectivity index (χ1n) is 4.60. The molecule has 8 heteroatoms. The summed E-state index contributed by atoms with van der Waals surface area (Å²) in [4.78, 5) is 22.9. The van der Waals surface area contributed by atoms with Crippen LogP contribution < -0.4 is 0 Å². The van der Waals surface area contributed by atoms with Gasteiger partial charge in [0.2, 0.25) is 15.9 Å². The summed E-state index contributed by atoms with van der Waals surface area (Å²) in [6.07, 6.45) is 0. The average molecular weight is 252 g/mol. The standard InChI is InChI=1S/C8H16N2O5S/c1-4-10(5-7(11)9(2)3)16(14,15)6-8(12)13/h4-6H2,1-3H3,(H,12,13). The molecule has 0 unspecified atom stereocenters. The van der Waals surface area contributed by atoms with Crippen LogP contribution in [0.2, 0.25) is 0 Å². The Balaban J connectivity index is 4.74. The molecule has 0 aromatic rings. The van der Waals surface area contributed by atoms with Gasteiger partial charge in [0.15, 0.2) is 5.75 Å². The lowest BCUT2D eigenvalue weighted by molar-refractivity contribution is -0.134. The average Bonchev–Trinajstić information content (AvgIpc) is 2.10. The van der Waals surface area contributed by atoms with Crippen LogP contribution in [0.15, 0.2) is 0 Å². The first-order chi connectivity index (χ1) is 7.20. The van der Waals surface area contributed by atoms with Crippen molar-refractivity contribution < 1.29 is 23.1 Å². The molecular formula is C8H16N2O5S. The molecule has 0 saturated carbocycles. The zero-order chi connectivity index (χ0) is 12.9. The summed E-state index contributed by atoms with van der Waals surface area (Å²) < 4.78 is 23.9. The second-order valence-electron chi connectivity index (χ2n) is 3.36. The molecule has 94 valence electrons. The highest BCUT2D eigenvalue weighted by molar-refractivity contribution is 7.89. The molecule has 0 radical (unpaired) electrons.